The lowest BCUT2D eigenvalue weighted by molar-refractivity contribution is 0.0911. The van der Waals surface area contributed by atoms with Crippen LogP contribution in [0.5, 0.6) is 11.5 Å². The van der Waals surface area contributed by atoms with E-state index >= 15 is 0 Å². The van der Waals surface area contributed by atoms with E-state index in [0.29, 0.717) is 23.0 Å². The van der Waals surface area contributed by atoms with E-state index in [1.165, 1.54) is 0 Å². The van der Waals surface area contributed by atoms with Crippen molar-refractivity contribution < 1.29 is 14.3 Å². The minimum absolute atomic E-state index is 0.124. The van der Waals surface area contributed by atoms with Gasteiger partial charge in [-0.3, -0.25) is 4.79 Å². The van der Waals surface area contributed by atoms with Crippen LogP contribution in [0.2, 0.25) is 0 Å². The number of methoxy groups -OCH3 is 2. The summed E-state index contributed by atoms with van der Waals surface area (Å²) in [7, 11) is 3.10. The summed E-state index contributed by atoms with van der Waals surface area (Å²) in [4.78, 5) is 12.4. The Morgan fingerprint density at radius 1 is 1.35 bits per heavy atom. The quantitative estimate of drug-likeness (QED) is 0.875. The Kier molecular flexibility index (Phi) is 4.84. The molecule has 1 heterocycles. The number of carbonyl (C=O) groups is 1. The summed E-state index contributed by atoms with van der Waals surface area (Å²) < 4.78 is 10.5. The minimum atomic E-state index is -0.124. The highest BCUT2D eigenvalue weighted by Crippen LogP contribution is 2.30. The van der Waals surface area contributed by atoms with Gasteiger partial charge in [-0.25, -0.2) is 0 Å². The fourth-order valence-electron chi connectivity index (χ4n) is 2.50. The van der Waals surface area contributed by atoms with Gasteiger partial charge in [0.1, 0.15) is 0 Å². The van der Waals surface area contributed by atoms with Crippen LogP contribution in [0.3, 0.4) is 0 Å². The zero-order valence-corrected chi connectivity index (χ0v) is 12.2. The minimum Gasteiger partial charge on any atom is -0.493 e. The zero-order valence-electron chi connectivity index (χ0n) is 12.2. The fraction of sp³-hybridized carbons (Fsp3) is 0.533. The number of carbonyl (C=O) groups excluding carboxylic acids is 1. The standard InChI is InChI=1S/C15H22N2O3/c1-10-7-8-16-9-12(10)17-15(18)11-5-4-6-13(19-2)14(11)20-3/h4-6,10,12,16H,7-9H2,1-3H3,(H,17,18)/t10-,12-/m1/s1. The van der Waals surface area contributed by atoms with E-state index in [4.69, 9.17) is 9.47 Å². The van der Waals surface area contributed by atoms with E-state index in [1.807, 2.05) is 0 Å². The SMILES string of the molecule is COc1cccc(C(=O)N[C@@H]2CNCC[C@H]2C)c1OC. The highest BCUT2D eigenvalue weighted by Gasteiger charge is 2.25. The van der Waals surface area contributed by atoms with Crippen molar-refractivity contribution in [3.8, 4) is 11.5 Å². The molecule has 0 saturated carbocycles. The monoisotopic (exact) mass is 278 g/mol. The summed E-state index contributed by atoms with van der Waals surface area (Å²) in [6, 6.07) is 5.46. The molecule has 20 heavy (non-hydrogen) atoms. The maximum atomic E-state index is 12.4. The Balaban J connectivity index is 2.16. The maximum Gasteiger partial charge on any atom is 0.255 e. The van der Waals surface area contributed by atoms with Crippen molar-refractivity contribution in [1.82, 2.24) is 10.6 Å². The van der Waals surface area contributed by atoms with Gasteiger partial charge in [0.2, 0.25) is 0 Å². The number of para-hydroxylation sites is 1. The molecule has 1 aromatic rings. The van der Waals surface area contributed by atoms with Crippen molar-refractivity contribution in [2.45, 2.75) is 19.4 Å². The average Bonchev–Trinajstić information content (AvgIpc) is 2.48. The van der Waals surface area contributed by atoms with E-state index in [1.54, 1.807) is 32.4 Å². The highest BCUT2D eigenvalue weighted by atomic mass is 16.5. The number of benzene rings is 1. The molecule has 0 bridgehead atoms. The summed E-state index contributed by atoms with van der Waals surface area (Å²) in [6.07, 6.45) is 1.07. The average molecular weight is 278 g/mol. The summed E-state index contributed by atoms with van der Waals surface area (Å²) in [6.45, 7) is 3.98. The third-order valence-electron chi connectivity index (χ3n) is 3.79. The third kappa shape index (κ3) is 3.04. The predicted molar refractivity (Wildman–Crippen MR) is 77.5 cm³/mol. The molecule has 0 radical (unpaired) electrons. The Bertz CT molecular complexity index is 476. The molecule has 2 rings (SSSR count). The number of amides is 1. The molecule has 2 atom stereocenters. The van der Waals surface area contributed by atoms with Crippen LogP contribution >= 0.6 is 0 Å². The molecular formula is C15H22N2O3. The predicted octanol–water partition coefficient (Wildman–Crippen LogP) is 1.43. The lowest BCUT2D eigenvalue weighted by Crippen LogP contribution is -2.50. The summed E-state index contributed by atoms with van der Waals surface area (Å²) >= 11 is 0. The van der Waals surface area contributed by atoms with Gasteiger partial charge < -0.3 is 20.1 Å². The largest absolute Gasteiger partial charge is 0.493 e. The van der Waals surface area contributed by atoms with Crippen LogP contribution in [-0.4, -0.2) is 39.3 Å². The molecule has 2 N–H and O–H groups in total. The van der Waals surface area contributed by atoms with Crippen molar-refractivity contribution in [2.75, 3.05) is 27.3 Å². The molecule has 1 saturated heterocycles. The Labute approximate surface area is 119 Å². The molecule has 110 valence electrons. The zero-order chi connectivity index (χ0) is 14.5. The van der Waals surface area contributed by atoms with E-state index in [2.05, 4.69) is 17.6 Å². The van der Waals surface area contributed by atoms with Crippen molar-refractivity contribution in [1.29, 1.82) is 0 Å². The van der Waals surface area contributed by atoms with Crippen LogP contribution in [0.25, 0.3) is 0 Å². The lowest BCUT2D eigenvalue weighted by Gasteiger charge is -2.30. The Morgan fingerprint density at radius 2 is 2.15 bits per heavy atom. The van der Waals surface area contributed by atoms with Crippen LogP contribution in [-0.2, 0) is 0 Å². The second-order valence-electron chi connectivity index (χ2n) is 5.09. The van der Waals surface area contributed by atoms with Crippen molar-refractivity contribution in [3.05, 3.63) is 23.8 Å². The van der Waals surface area contributed by atoms with E-state index < -0.39 is 0 Å². The molecule has 0 unspecified atom stereocenters. The van der Waals surface area contributed by atoms with Crippen LogP contribution in [0.1, 0.15) is 23.7 Å². The topological polar surface area (TPSA) is 59.6 Å². The molecule has 0 aliphatic carbocycles. The van der Waals surface area contributed by atoms with Crippen LogP contribution in [0.15, 0.2) is 18.2 Å². The van der Waals surface area contributed by atoms with Crippen LogP contribution in [0, 0.1) is 5.92 Å². The van der Waals surface area contributed by atoms with Gasteiger partial charge in [0, 0.05) is 12.6 Å². The summed E-state index contributed by atoms with van der Waals surface area (Å²) in [5.41, 5.74) is 0.504. The molecular weight excluding hydrogens is 256 g/mol. The first kappa shape index (κ1) is 14.7. The van der Waals surface area contributed by atoms with Gasteiger partial charge in [-0.1, -0.05) is 13.0 Å². The highest BCUT2D eigenvalue weighted by molar-refractivity contribution is 5.98. The van der Waals surface area contributed by atoms with E-state index in [-0.39, 0.29) is 11.9 Å². The molecule has 5 nitrogen and oxygen atoms in total. The molecule has 5 heteroatoms. The Morgan fingerprint density at radius 3 is 2.80 bits per heavy atom. The molecule has 1 fully saturated rings. The molecule has 0 aromatic heterocycles. The summed E-state index contributed by atoms with van der Waals surface area (Å²) in [5, 5.41) is 6.38. The summed E-state index contributed by atoms with van der Waals surface area (Å²) in [5.74, 6) is 1.39. The van der Waals surface area contributed by atoms with Gasteiger partial charge in [-0.05, 0) is 31.0 Å². The first-order chi connectivity index (χ1) is 9.67. The number of hydrogen-bond acceptors (Lipinski definition) is 4. The normalized spacial score (nSPS) is 22.1. The molecule has 1 aromatic carbocycles. The van der Waals surface area contributed by atoms with Gasteiger partial charge >= 0.3 is 0 Å². The smallest absolute Gasteiger partial charge is 0.255 e. The van der Waals surface area contributed by atoms with Gasteiger partial charge in [-0.2, -0.15) is 0 Å². The van der Waals surface area contributed by atoms with Gasteiger partial charge in [-0.15, -0.1) is 0 Å². The molecule has 1 amide bonds. The van der Waals surface area contributed by atoms with Gasteiger partial charge in [0.15, 0.2) is 11.5 Å². The fourth-order valence-corrected chi connectivity index (χ4v) is 2.50. The molecule has 1 aliphatic rings. The number of nitrogens with one attached hydrogen (secondary N) is 2. The van der Waals surface area contributed by atoms with E-state index in [0.717, 1.165) is 19.5 Å². The van der Waals surface area contributed by atoms with Crippen LogP contribution in [0.4, 0.5) is 0 Å². The number of ether oxygens (including phenoxy) is 2. The second-order valence-corrected chi connectivity index (χ2v) is 5.09. The van der Waals surface area contributed by atoms with Gasteiger partial charge in [0.05, 0.1) is 19.8 Å². The first-order valence-corrected chi connectivity index (χ1v) is 6.90. The van der Waals surface area contributed by atoms with Crippen molar-refractivity contribution in [2.24, 2.45) is 5.92 Å². The van der Waals surface area contributed by atoms with Crippen molar-refractivity contribution >= 4 is 5.91 Å². The molecule has 1 aliphatic heterocycles. The maximum absolute atomic E-state index is 12.4. The van der Waals surface area contributed by atoms with Crippen molar-refractivity contribution in [3.63, 3.8) is 0 Å². The number of piperidine rings is 1. The number of rotatable bonds is 4. The van der Waals surface area contributed by atoms with Gasteiger partial charge in [0.25, 0.3) is 5.91 Å². The van der Waals surface area contributed by atoms with E-state index in [9.17, 15) is 4.79 Å². The lowest BCUT2D eigenvalue weighted by atomic mass is 9.94. The second kappa shape index (κ2) is 6.61. The number of hydrogen-bond donors (Lipinski definition) is 2. The first-order valence-electron chi connectivity index (χ1n) is 6.90. The Hall–Kier alpha value is -1.75. The third-order valence-corrected chi connectivity index (χ3v) is 3.79. The molecule has 0 spiro atoms. The van der Waals surface area contributed by atoms with Crippen LogP contribution < -0.4 is 20.1 Å².